The first-order valence-electron chi connectivity index (χ1n) is 12.9. The van der Waals surface area contributed by atoms with E-state index in [1.807, 2.05) is 11.8 Å². The molecular formula is C27H32FN5O5. The molecule has 1 aromatic carbocycles. The van der Waals surface area contributed by atoms with Crippen molar-refractivity contribution in [1.29, 1.82) is 0 Å². The van der Waals surface area contributed by atoms with Gasteiger partial charge in [-0.05, 0) is 50.5 Å². The summed E-state index contributed by atoms with van der Waals surface area (Å²) in [6.45, 7) is 8.42. The number of morpholine rings is 1. The number of carbonyl (C=O) groups excluding carboxylic acids is 3. The number of hydrogen-bond acceptors (Lipinski definition) is 6. The summed E-state index contributed by atoms with van der Waals surface area (Å²) in [5.41, 5.74) is 3.67. The number of H-pyrrole nitrogens is 1. The van der Waals surface area contributed by atoms with Crippen molar-refractivity contribution in [3.63, 3.8) is 0 Å². The summed E-state index contributed by atoms with van der Waals surface area (Å²) in [6, 6.07) is 2.51. The van der Waals surface area contributed by atoms with Gasteiger partial charge in [0.15, 0.2) is 0 Å². The van der Waals surface area contributed by atoms with Crippen LogP contribution in [0.4, 0.5) is 15.8 Å². The van der Waals surface area contributed by atoms with Crippen molar-refractivity contribution < 1.29 is 28.6 Å². The minimum absolute atomic E-state index is 0.0232. The van der Waals surface area contributed by atoms with E-state index in [0.717, 1.165) is 37.3 Å². The highest BCUT2D eigenvalue weighted by molar-refractivity contribution is 6.35. The maximum Gasteiger partial charge on any atom is 0.256 e. The van der Waals surface area contributed by atoms with E-state index in [2.05, 4.69) is 20.5 Å². The van der Waals surface area contributed by atoms with Gasteiger partial charge in [-0.1, -0.05) is 0 Å². The van der Waals surface area contributed by atoms with Crippen LogP contribution >= 0.6 is 0 Å². The number of aliphatic hydroxyl groups excluding tert-OH is 1. The van der Waals surface area contributed by atoms with E-state index in [1.165, 1.54) is 19.1 Å². The lowest BCUT2D eigenvalue weighted by Crippen LogP contribution is -2.43. The number of benzene rings is 1. The fourth-order valence-electron chi connectivity index (χ4n) is 5.14. The van der Waals surface area contributed by atoms with Gasteiger partial charge in [0.05, 0.1) is 35.7 Å². The molecule has 0 radical (unpaired) electrons. The number of aromatic nitrogens is 1. The molecule has 202 valence electrons. The number of nitrogens with zero attached hydrogens (tertiary/aromatic N) is 2. The zero-order valence-electron chi connectivity index (χ0n) is 21.5. The average Bonchev–Trinajstić information content (AvgIpc) is 3.30. The number of fused-ring (bicyclic) bond motifs is 2. The number of halogens is 1. The SMILES string of the molecule is Cc1c(C=C2C(=O)Nc3cc(NC(=O)[C@H](C)O)c(F)cc32)[nH]c2c1C(=O)N(CCN1CCOCC1)CCC2. The van der Waals surface area contributed by atoms with E-state index in [0.29, 0.717) is 55.2 Å². The van der Waals surface area contributed by atoms with Crippen LogP contribution in [-0.2, 0) is 20.7 Å². The van der Waals surface area contributed by atoms with Crippen LogP contribution in [0.5, 0.6) is 0 Å². The van der Waals surface area contributed by atoms with Gasteiger partial charge < -0.3 is 30.4 Å². The molecule has 1 aromatic heterocycles. The van der Waals surface area contributed by atoms with Crippen molar-refractivity contribution >= 4 is 40.7 Å². The fraction of sp³-hybridized carbons (Fsp3) is 0.444. The molecule has 38 heavy (non-hydrogen) atoms. The Labute approximate surface area is 219 Å². The van der Waals surface area contributed by atoms with Crippen LogP contribution < -0.4 is 10.6 Å². The first-order valence-corrected chi connectivity index (χ1v) is 12.9. The second-order valence-corrected chi connectivity index (χ2v) is 9.92. The number of nitrogens with one attached hydrogen (secondary N) is 3. The van der Waals surface area contributed by atoms with E-state index in [4.69, 9.17) is 4.74 Å². The van der Waals surface area contributed by atoms with Gasteiger partial charge in [0, 0.05) is 49.7 Å². The summed E-state index contributed by atoms with van der Waals surface area (Å²) in [4.78, 5) is 45.7. The maximum absolute atomic E-state index is 14.8. The van der Waals surface area contributed by atoms with Crippen molar-refractivity contribution in [3.05, 3.63) is 46.0 Å². The van der Waals surface area contributed by atoms with Crippen LogP contribution in [0.15, 0.2) is 12.1 Å². The molecule has 2 aromatic rings. The van der Waals surface area contributed by atoms with Crippen LogP contribution in [-0.4, -0.2) is 89.7 Å². The molecule has 3 aliphatic heterocycles. The van der Waals surface area contributed by atoms with Crippen molar-refractivity contribution in [3.8, 4) is 0 Å². The maximum atomic E-state index is 14.8. The number of aliphatic hydroxyl groups is 1. The summed E-state index contributed by atoms with van der Waals surface area (Å²) in [5.74, 6) is -1.92. The molecule has 0 spiro atoms. The lowest BCUT2D eigenvalue weighted by Gasteiger charge is -2.29. The number of rotatable bonds is 6. The molecule has 5 rings (SSSR count). The predicted octanol–water partition coefficient (Wildman–Crippen LogP) is 1.99. The summed E-state index contributed by atoms with van der Waals surface area (Å²) < 4.78 is 20.2. The molecule has 3 amide bonds. The molecular weight excluding hydrogens is 493 g/mol. The van der Waals surface area contributed by atoms with Gasteiger partial charge in [0.2, 0.25) is 0 Å². The summed E-state index contributed by atoms with van der Waals surface area (Å²) >= 11 is 0. The molecule has 1 fully saturated rings. The van der Waals surface area contributed by atoms with E-state index in [1.54, 1.807) is 6.08 Å². The van der Waals surface area contributed by atoms with Crippen LogP contribution in [0.1, 0.15) is 46.2 Å². The Morgan fingerprint density at radius 2 is 2.00 bits per heavy atom. The minimum Gasteiger partial charge on any atom is -0.384 e. The molecule has 11 heteroatoms. The van der Waals surface area contributed by atoms with Crippen molar-refractivity contribution in [1.82, 2.24) is 14.8 Å². The van der Waals surface area contributed by atoms with Gasteiger partial charge in [-0.25, -0.2) is 4.39 Å². The predicted molar refractivity (Wildman–Crippen MR) is 140 cm³/mol. The second-order valence-electron chi connectivity index (χ2n) is 9.92. The van der Waals surface area contributed by atoms with Gasteiger partial charge in [-0.3, -0.25) is 19.3 Å². The van der Waals surface area contributed by atoms with Crippen LogP contribution in [0.2, 0.25) is 0 Å². The highest BCUT2D eigenvalue weighted by Gasteiger charge is 2.30. The Balaban J connectivity index is 1.40. The number of hydrogen-bond donors (Lipinski definition) is 4. The third-order valence-corrected chi connectivity index (χ3v) is 7.33. The molecule has 0 saturated carbocycles. The molecule has 1 saturated heterocycles. The lowest BCUT2D eigenvalue weighted by molar-refractivity contribution is -0.123. The van der Waals surface area contributed by atoms with Gasteiger partial charge in [-0.15, -0.1) is 0 Å². The highest BCUT2D eigenvalue weighted by atomic mass is 19.1. The Morgan fingerprint density at radius 1 is 1.24 bits per heavy atom. The Morgan fingerprint density at radius 3 is 2.74 bits per heavy atom. The summed E-state index contributed by atoms with van der Waals surface area (Å²) in [6.07, 6.45) is 1.87. The first kappa shape index (κ1) is 26.1. The van der Waals surface area contributed by atoms with E-state index in [-0.39, 0.29) is 17.2 Å². The van der Waals surface area contributed by atoms with Crippen molar-refractivity contribution in [2.45, 2.75) is 32.8 Å². The number of ether oxygens (including phenoxy) is 1. The Hall–Kier alpha value is -3.54. The van der Waals surface area contributed by atoms with Crippen LogP contribution in [0.25, 0.3) is 11.6 Å². The molecule has 4 N–H and O–H groups in total. The molecule has 0 bridgehead atoms. The van der Waals surface area contributed by atoms with Crippen LogP contribution in [0.3, 0.4) is 0 Å². The fourth-order valence-corrected chi connectivity index (χ4v) is 5.14. The van der Waals surface area contributed by atoms with Gasteiger partial charge in [0.1, 0.15) is 11.9 Å². The van der Waals surface area contributed by atoms with Gasteiger partial charge in [0.25, 0.3) is 17.7 Å². The zero-order chi connectivity index (χ0) is 27.0. The summed E-state index contributed by atoms with van der Waals surface area (Å²) in [5, 5.41) is 14.4. The smallest absolute Gasteiger partial charge is 0.256 e. The van der Waals surface area contributed by atoms with E-state index >= 15 is 0 Å². The van der Waals surface area contributed by atoms with Gasteiger partial charge >= 0.3 is 0 Å². The third kappa shape index (κ3) is 5.09. The topological polar surface area (TPSA) is 127 Å². The third-order valence-electron chi connectivity index (χ3n) is 7.33. The summed E-state index contributed by atoms with van der Waals surface area (Å²) in [7, 11) is 0. The number of anilines is 2. The Kier molecular flexibility index (Phi) is 7.33. The van der Waals surface area contributed by atoms with Crippen molar-refractivity contribution in [2.24, 2.45) is 0 Å². The molecule has 4 heterocycles. The zero-order valence-corrected chi connectivity index (χ0v) is 21.5. The molecule has 10 nitrogen and oxygen atoms in total. The monoisotopic (exact) mass is 525 g/mol. The van der Waals surface area contributed by atoms with Gasteiger partial charge in [-0.2, -0.15) is 0 Å². The normalized spacial score (nSPS) is 19.7. The standard InChI is InChI=1S/C27H32FN5O5/c1-15-21(13-18-17-12-19(28)23(31-25(35)16(2)34)14-22(17)30-26(18)36)29-20-4-3-5-33(27(37)24(15)20)7-6-32-8-10-38-11-9-32/h12-14,16,29,34H,3-11H2,1-2H3,(H,30,36)(H,31,35)/t16-/m0/s1. The largest absolute Gasteiger partial charge is 0.384 e. The van der Waals surface area contributed by atoms with E-state index < -0.39 is 23.7 Å². The Bertz CT molecular complexity index is 1310. The first-order chi connectivity index (χ1) is 18.2. The van der Waals surface area contributed by atoms with Crippen LogP contribution in [0, 0.1) is 12.7 Å². The number of aromatic amines is 1. The molecule has 1 atom stereocenters. The van der Waals surface area contributed by atoms with Crippen molar-refractivity contribution in [2.75, 3.05) is 56.6 Å². The number of carbonyl (C=O) groups is 3. The number of aryl methyl sites for hydroxylation is 1. The number of amides is 3. The lowest BCUT2D eigenvalue weighted by atomic mass is 10.0. The second kappa shape index (κ2) is 10.7. The highest BCUT2D eigenvalue weighted by Crippen LogP contribution is 2.37. The molecule has 0 aliphatic carbocycles. The quantitative estimate of drug-likeness (QED) is 0.428. The average molecular weight is 526 g/mol. The molecule has 3 aliphatic rings. The molecule has 0 unspecified atom stereocenters. The van der Waals surface area contributed by atoms with E-state index in [9.17, 15) is 23.9 Å². The minimum atomic E-state index is -1.31.